The highest BCUT2D eigenvalue weighted by Gasteiger charge is 2.07. The zero-order chi connectivity index (χ0) is 11.5. The first-order valence-corrected chi connectivity index (χ1v) is 5.43. The number of aromatic nitrogens is 1. The van der Waals surface area contributed by atoms with Crippen LogP contribution in [0, 0.1) is 13.8 Å². The summed E-state index contributed by atoms with van der Waals surface area (Å²) < 4.78 is 0. The quantitative estimate of drug-likeness (QED) is 0.831. The molecular weight excluding hydrogens is 196 g/mol. The molecule has 0 bridgehead atoms. The van der Waals surface area contributed by atoms with Gasteiger partial charge in [-0.05, 0) is 36.1 Å². The summed E-state index contributed by atoms with van der Waals surface area (Å²) in [6.45, 7) is 4.69. The van der Waals surface area contributed by atoms with Gasteiger partial charge in [0.15, 0.2) is 0 Å². The van der Waals surface area contributed by atoms with Gasteiger partial charge in [0.05, 0.1) is 0 Å². The number of nitrogens with zero attached hydrogens (tertiary/aromatic N) is 1. The van der Waals surface area contributed by atoms with Crippen molar-refractivity contribution in [3.8, 4) is 11.1 Å². The van der Waals surface area contributed by atoms with Crippen molar-refractivity contribution in [3.05, 3.63) is 53.3 Å². The van der Waals surface area contributed by atoms with Crippen LogP contribution in [0.4, 0.5) is 0 Å². The van der Waals surface area contributed by atoms with Crippen molar-refractivity contribution in [1.29, 1.82) is 0 Å². The number of aryl methyl sites for hydroxylation is 2. The fraction of sp³-hybridized carbons (Fsp3) is 0.214. The second-order valence-electron chi connectivity index (χ2n) is 4.06. The number of nitrogens with two attached hydrogens (primary N) is 1. The smallest absolute Gasteiger partial charge is 0.0319 e. The second-order valence-corrected chi connectivity index (χ2v) is 4.06. The Morgan fingerprint density at radius 3 is 2.38 bits per heavy atom. The molecular formula is C14H16N2. The highest BCUT2D eigenvalue weighted by molar-refractivity contribution is 5.70. The molecule has 1 heterocycles. The third-order valence-corrected chi connectivity index (χ3v) is 2.77. The highest BCUT2D eigenvalue weighted by Crippen LogP contribution is 2.26. The van der Waals surface area contributed by atoms with Gasteiger partial charge in [0.25, 0.3) is 0 Å². The van der Waals surface area contributed by atoms with Gasteiger partial charge in [0.1, 0.15) is 0 Å². The minimum Gasteiger partial charge on any atom is -0.326 e. The predicted octanol–water partition coefficient (Wildman–Crippen LogP) is 2.82. The third-order valence-electron chi connectivity index (χ3n) is 2.77. The van der Waals surface area contributed by atoms with Crippen LogP contribution in [-0.4, -0.2) is 4.98 Å². The summed E-state index contributed by atoms with van der Waals surface area (Å²) in [5.74, 6) is 0. The average molecular weight is 212 g/mol. The van der Waals surface area contributed by atoms with E-state index < -0.39 is 0 Å². The minimum atomic E-state index is 0.526. The molecule has 0 radical (unpaired) electrons. The molecule has 2 nitrogen and oxygen atoms in total. The van der Waals surface area contributed by atoms with Crippen molar-refractivity contribution >= 4 is 0 Å². The zero-order valence-electron chi connectivity index (χ0n) is 9.70. The van der Waals surface area contributed by atoms with Gasteiger partial charge in [0, 0.05) is 18.9 Å². The molecule has 0 aliphatic heterocycles. The molecule has 0 saturated carbocycles. The average Bonchev–Trinajstić information content (AvgIpc) is 2.30. The first kappa shape index (κ1) is 10.8. The fourth-order valence-electron chi connectivity index (χ4n) is 1.91. The maximum absolute atomic E-state index is 5.75. The summed E-state index contributed by atoms with van der Waals surface area (Å²) in [7, 11) is 0. The Bertz CT molecular complexity index is 487. The summed E-state index contributed by atoms with van der Waals surface area (Å²) >= 11 is 0. The van der Waals surface area contributed by atoms with Crippen molar-refractivity contribution in [2.24, 2.45) is 5.73 Å². The van der Waals surface area contributed by atoms with Crippen molar-refractivity contribution < 1.29 is 0 Å². The van der Waals surface area contributed by atoms with E-state index in [0.29, 0.717) is 6.54 Å². The number of pyridine rings is 1. The molecule has 2 aromatic rings. The van der Waals surface area contributed by atoms with Crippen LogP contribution in [0.3, 0.4) is 0 Å². The Labute approximate surface area is 96.1 Å². The van der Waals surface area contributed by atoms with Crippen LogP contribution in [0.25, 0.3) is 11.1 Å². The maximum Gasteiger partial charge on any atom is 0.0319 e. The lowest BCUT2D eigenvalue weighted by atomic mass is 9.97. The fourth-order valence-corrected chi connectivity index (χ4v) is 1.91. The van der Waals surface area contributed by atoms with Crippen molar-refractivity contribution in [1.82, 2.24) is 4.98 Å². The topological polar surface area (TPSA) is 38.9 Å². The van der Waals surface area contributed by atoms with Crippen LogP contribution in [-0.2, 0) is 6.54 Å². The van der Waals surface area contributed by atoms with Gasteiger partial charge in [-0.2, -0.15) is 0 Å². The van der Waals surface area contributed by atoms with Crippen molar-refractivity contribution in [3.63, 3.8) is 0 Å². The number of hydrogen-bond donors (Lipinski definition) is 1. The molecule has 0 aliphatic rings. The maximum atomic E-state index is 5.75. The highest BCUT2D eigenvalue weighted by atomic mass is 14.6. The Morgan fingerprint density at radius 1 is 1.06 bits per heavy atom. The molecule has 2 heteroatoms. The molecule has 0 amide bonds. The predicted molar refractivity (Wildman–Crippen MR) is 67.0 cm³/mol. The first-order valence-electron chi connectivity index (χ1n) is 5.43. The summed E-state index contributed by atoms with van der Waals surface area (Å²) in [6.07, 6.45) is 3.73. The molecule has 16 heavy (non-hydrogen) atoms. The van der Waals surface area contributed by atoms with Crippen molar-refractivity contribution in [2.75, 3.05) is 0 Å². The van der Waals surface area contributed by atoms with E-state index in [1.165, 1.54) is 22.3 Å². The Morgan fingerprint density at radius 2 is 1.75 bits per heavy atom. The molecule has 0 fully saturated rings. The first-order chi connectivity index (χ1) is 7.72. The van der Waals surface area contributed by atoms with E-state index in [0.717, 1.165) is 5.56 Å². The van der Waals surface area contributed by atoms with Gasteiger partial charge in [-0.25, -0.2) is 0 Å². The van der Waals surface area contributed by atoms with E-state index in [4.69, 9.17) is 5.73 Å². The van der Waals surface area contributed by atoms with E-state index in [2.05, 4.69) is 43.1 Å². The normalized spacial score (nSPS) is 10.4. The molecule has 82 valence electrons. The lowest BCUT2D eigenvalue weighted by Crippen LogP contribution is -2.01. The largest absolute Gasteiger partial charge is 0.326 e. The van der Waals surface area contributed by atoms with Crippen LogP contribution < -0.4 is 5.73 Å². The minimum absolute atomic E-state index is 0.526. The Kier molecular flexibility index (Phi) is 3.02. The monoisotopic (exact) mass is 212 g/mol. The summed E-state index contributed by atoms with van der Waals surface area (Å²) in [5.41, 5.74) is 11.7. The van der Waals surface area contributed by atoms with E-state index in [1.54, 1.807) is 0 Å². The summed E-state index contributed by atoms with van der Waals surface area (Å²) in [6, 6.07) is 8.51. The standard InChI is InChI=1S/C14H16N2/c1-10-3-5-12(6-4-10)14-11(2)8-16-9-13(14)7-15/h3-6,8-9H,7,15H2,1-2H3. The molecule has 2 N–H and O–H groups in total. The van der Waals surface area contributed by atoms with E-state index in [1.807, 2.05) is 12.4 Å². The lowest BCUT2D eigenvalue weighted by molar-refractivity contribution is 1.04. The second kappa shape index (κ2) is 4.45. The SMILES string of the molecule is Cc1ccc(-c2c(C)cncc2CN)cc1. The van der Waals surface area contributed by atoms with Gasteiger partial charge in [0.2, 0.25) is 0 Å². The van der Waals surface area contributed by atoms with Gasteiger partial charge >= 0.3 is 0 Å². The van der Waals surface area contributed by atoms with Crippen molar-refractivity contribution in [2.45, 2.75) is 20.4 Å². The van der Waals surface area contributed by atoms with E-state index >= 15 is 0 Å². The van der Waals surface area contributed by atoms with Gasteiger partial charge in [-0.15, -0.1) is 0 Å². The van der Waals surface area contributed by atoms with Crippen LogP contribution in [0.2, 0.25) is 0 Å². The van der Waals surface area contributed by atoms with Crippen LogP contribution >= 0.6 is 0 Å². The summed E-state index contributed by atoms with van der Waals surface area (Å²) in [5, 5.41) is 0. The van der Waals surface area contributed by atoms with Gasteiger partial charge in [-0.1, -0.05) is 29.8 Å². The number of benzene rings is 1. The van der Waals surface area contributed by atoms with Crippen LogP contribution in [0.5, 0.6) is 0 Å². The molecule has 1 aromatic heterocycles. The zero-order valence-corrected chi connectivity index (χ0v) is 9.70. The molecule has 0 unspecified atom stereocenters. The Hall–Kier alpha value is -1.67. The molecule has 0 aliphatic carbocycles. The van der Waals surface area contributed by atoms with E-state index in [-0.39, 0.29) is 0 Å². The molecule has 2 rings (SSSR count). The van der Waals surface area contributed by atoms with Crippen LogP contribution in [0.15, 0.2) is 36.7 Å². The van der Waals surface area contributed by atoms with E-state index in [9.17, 15) is 0 Å². The third kappa shape index (κ3) is 1.97. The Balaban J connectivity index is 2.58. The summed E-state index contributed by atoms with van der Waals surface area (Å²) in [4.78, 5) is 4.18. The number of rotatable bonds is 2. The van der Waals surface area contributed by atoms with Gasteiger partial charge in [-0.3, -0.25) is 4.98 Å². The van der Waals surface area contributed by atoms with Crippen LogP contribution in [0.1, 0.15) is 16.7 Å². The molecule has 0 spiro atoms. The molecule has 0 atom stereocenters. The van der Waals surface area contributed by atoms with Gasteiger partial charge < -0.3 is 5.73 Å². The lowest BCUT2D eigenvalue weighted by Gasteiger charge is -2.11. The number of hydrogen-bond acceptors (Lipinski definition) is 2. The molecule has 0 saturated heterocycles. The molecule has 1 aromatic carbocycles.